The second-order valence-electron chi connectivity index (χ2n) is 3.22. The summed E-state index contributed by atoms with van der Waals surface area (Å²) in [5, 5.41) is 9.96. The number of aryl methyl sites for hydroxylation is 1. The first kappa shape index (κ1) is 11.0. The Balaban J connectivity index is 2.59. The lowest BCUT2D eigenvalue weighted by atomic mass is 10.2. The molecule has 0 aliphatic rings. The summed E-state index contributed by atoms with van der Waals surface area (Å²) in [6.45, 7) is 3.66. The van der Waals surface area contributed by atoms with Crippen LogP contribution in [0.5, 0.6) is 0 Å². The standard InChI is InChI=1S/C8H13ClN4O/c1-5(9)6(2)10-8(14)7-4-13(3)12-11-7/h4-6H,1-3H3,(H,10,14). The molecule has 0 radical (unpaired) electrons. The van der Waals surface area contributed by atoms with Crippen molar-refractivity contribution in [2.75, 3.05) is 0 Å². The zero-order valence-electron chi connectivity index (χ0n) is 8.36. The third kappa shape index (κ3) is 2.70. The molecule has 5 nitrogen and oxygen atoms in total. The number of carbonyl (C=O) groups is 1. The van der Waals surface area contributed by atoms with Gasteiger partial charge in [0.05, 0.1) is 11.6 Å². The lowest BCUT2D eigenvalue weighted by Crippen LogP contribution is -2.37. The van der Waals surface area contributed by atoms with E-state index in [0.29, 0.717) is 5.69 Å². The maximum absolute atomic E-state index is 11.5. The van der Waals surface area contributed by atoms with Gasteiger partial charge in [-0.25, -0.2) is 0 Å². The van der Waals surface area contributed by atoms with E-state index in [1.165, 1.54) is 4.68 Å². The first-order valence-electron chi connectivity index (χ1n) is 4.32. The second kappa shape index (κ2) is 4.41. The first-order valence-corrected chi connectivity index (χ1v) is 4.75. The van der Waals surface area contributed by atoms with Gasteiger partial charge < -0.3 is 5.32 Å². The zero-order chi connectivity index (χ0) is 10.7. The molecule has 78 valence electrons. The highest BCUT2D eigenvalue weighted by atomic mass is 35.5. The molecule has 0 aromatic carbocycles. The summed E-state index contributed by atoms with van der Waals surface area (Å²) in [6, 6.07) is -0.0915. The molecule has 0 aliphatic heterocycles. The third-order valence-electron chi connectivity index (χ3n) is 1.88. The van der Waals surface area contributed by atoms with Crippen molar-refractivity contribution < 1.29 is 4.79 Å². The van der Waals surface area contributed by atoms with Crippen LogP contribution in [0.15, 0.2) is 6.20 Å². The van der Waals surface area contributed by atoms with Gasteiger partial charge in [0.2, 0.25) is 0 Å². The molecule has 1 aromatic heterocycles. The fraction of sp³-hybridized carbons (Fsp3) is 0.625. The van der Waals surface area contributed by atoms with Gasteiger partial charge in [0, 0.05) is 13.1 Å². The molecule has 1 amide bonds. The number of hydrogen-bond acceptors (Lipinski definition) is 3. The number of nitrogens with one attached hydrogen (secondary N) is 1. The lowest BCUT2D eigenvalue weighted by Gasteiger charge is -2.14. The predicted molar refractivity (Wildman–Crippen MR) is 53.2 cm³/mol. The van der Waals surface area contributed by atoms with Crippen LogP contribution in [0, 0.1) is 0 Å². The van der Waals surface area contributed by atoms with Crippen LogP contribution < -0.4 is 5.32 Å². The van der Waals surface area contributed by atoms with E-state index in [1.54, 1.807) is 13.2 Å². The average Bonchev–Trinajstić information content (AvgIpc) is 2.51. The monoisotopic (exact) mass is 216 g/mol. The SMILES string of the molecule is CC(Cl)C(C)NC(=O)c1cn(C)nn1. The maximum Gasteiger partial charge on any atom is 0.273 e. The summed E-state index contributed by atoms with van der Waals surface area (Å²) in [4.78, 5) is 11.5. The van der Waals surface area contributed by atoms with Gasteiger partial charge in [-0.15, -0.1) is 16.7 Å². The van der Waals surface area contributed by atoms with Gasteiger partial charge in [-0.2, -0.15) is 0 Å². The minimum atomic E-state index is -0.252. The third-order valence-corrected chi connectivity index (χ3v) is 2.26. The fourth-order valence-corrected chi connectivity index (χ4v) is 0.910. The van der Waals surface area contributed by atoms with Crippen molar-refractivity contribution in [3.8, 4) is 0 Å². The summed E-state index contributed by atoms with van der Waals surface area (Å²) >= 11 is 5.81. The molecular formula is C8H13ClN4O. The Kier molecular flexibility index (Phi) is 3.46. The number of nitrogens with zero attached hydrogens (tertiary/aromatic N) is 3. The van der Waals surface area contributed by atoms with E-state index in [4.69, 9.17) is 11.6 Å². The van der Waals surface area contributed by atoms with Gasteiger partial charge in [0.1, 0.15) is 0 Å². The van der Waals surface area contributed by atoms with Crippen LogP contribution >= 0.6 is 11.6 Å². The molecule has 0 saturated heterocycles. The normalized spacial score (nSPS) is 14.9. The lowest BCUT2D eigenvalue weighted by molar-refractivity contribution is 0.0934. The number of amides is 1. The zero-order valence-corrected chi connectivity index (χ0v) is 9.12. The number of alkyl halides is 1. The molecule has 1 rings (SSSR count). The van der Waals surface area contributed by atoms with Gasteiger partial charge >= 0.3 is 0 Å². The Morgan fingerprint density at radius 1 is 1.64 bits per heavy atom. The van der Waals surface area contributed by atoms with Crippen molar-refractivity contribution in [3.05, 3.63) is 11.9 Å². The topological polar surface area (TPSA) is 59.8 Å². The van der Waals surface area contributed by atoms with Gasteiger partial charge in [-0.05, 0) is 13.8 Å². The van der Waals surface area contributed by atoms with Crippen LogP contribution in [-0.4, -0.2) is 32.3 Å². The van der Waals surface area contributed by atoms with Crippen LogP contribution in [0.4, 0.5) is 0 Å². The molecule has 0 bridgehead atoms. The molecule has 14 heavy (non-hydrogen) atoms. The summed E-state index contributed by atoms with van der Waals surface area (Å²) in [5.41, 5.74) is 0.302. The van der Waals surface area contributed by atoms with E-state index < -0.39 is 0 Å². The average molecular weight is 217 g/mol. The van der Waals surface area contributed by atoms with Crippen molar-refractivity contribution in [2.24, 2.45) is 7.05 Å². The molecule has 0 aliphatic carbocycles. The minimum absolute atomic E-state index is 0.0915. The Morgan fingerprint density at radius 3 is 2.71 bits per heavy atom. The van der Waals surface area contributed by atoms with Gasteiger partial charge in [0.15, 0.2) is 5.69 Å². The minimum Gasteiger partial charge on any atom is -0.347 e. The van der Waals surface area contributed by atoms with Crippen molar-refractivity contribution in [2.45, 2.75) is 25.3 Å². The highest BCUT2D eigenvalue weighted by molar-refractivity contribution is 6.21. The van der Waals surface area contributed by atoms with Crippen LogP contribution in [0.2, 0.25) is 0 Å². The molecule has 2 unspecified atom stereocenters. The van der Waals surface area contributed by atoms with Crippen LogP contribution in [0.3, 0.4) is 0 Å². The molecular weight excluding hydrogens is 204 g/mol. The highest BCUT2D eigenvalue weighted by Gasteiger charge is 2.15. The van der Waals surface area contributed by atoms with E-state index in [2.05, 4.69) is 15.6 Å². The summed E-state index contributed by atoms with van der Waals surface area (Å²) in [6.07, 6.45) is 1.56. The first-order chi connectivity index (χ1) is 6.50. The van der Waals surface area contributed by atoms with Crippen LogP contribution in [0.1, 0.15) is 24.3 Å². The fourth-order valence-electron chi connectivity index (χ4n) is 0.847. The van der Waals surface area contributed by atoms with E-state index in [1.807, 2.05) is 13.8 Å². The molecule has 2 atom stereocenters. The van der Waals surface area contributed by atoms with Gasteiger partial charge in [0.25, 0.3) is 5.91 Å². The number of rotatable bonds is 3. The Bertz CT molecular complexity index is 323. The van der Waals surface area contributed by atoms with Crippen LogP contribution in [0.25, 0.3) is 0 Å². The van der Waals surface area contributed by atoms with Gasteiger partial charge in [-0.3, -0.25) is 9.48 Å². The molecule has 1 heterocycles. The Labute approximate surface area is 87.4 Å². The van der Waals surface area contributed by atoms with Crippen molar-refractivity contribution in [1.29, 1.82) is 0 Å². The van der Waals surface area contributed by atoms with E-state index in [0.717, 1.165) is 0 Å². The van der Waals surface area contributed by atoms with Crippen molar-refractivity contribution >= 4 is 17.5 Å². The van der Waals surface area contributed by atoms with E-state index in [9.17, 15) is 4.79 Å². The Hall–Kier alpha value is -1.10. The predicted octanol–water partition coefficient (Wildman–Crippen LogP) is 0.561. The largest absolute Gasteiger partial charge is 0.347 e. The number of aromatic nitrogens is 3. The van der Waals surface area contributed by atoms with Crippen LogP contribution in [-0.2, 0) is 7.05 Å². The summed E-state index contributed by atoms with van der Waals surface area (Å²) in [7, 11) is 1.71. The summed E-state index contributed by atoms with van der Waals surface area (Å²) in [5.74, 6) is -0.252. The van der Waals surface area contributed by atoms with E-state index >= 15 is 0 Å². The smallest absolute Gasteiger partial charge is 0.273 e. The van der Waals surface area contributed by atoms with E-state index in [-0.39, 0.29) is 17.3 Å². The number of halogens is 1. The Morgan fingerprint density at radius 2 is 2.29 bits per heavy atom. The van der Waals surface area contributed by atoms with Gasteiger partial charge in [-0.1, -0.05) is 5.21 Å². The van der Waals surface area contributed by atoms with Crippen molar-refractivity contribution in [3.63, 3.8) is 0 Å². The molecule has 6 heteroatoms. The van der Waals surface area contributed by atoms with Crippen molar-refractivity contribution in [1.82, 2.24) is 20.3 Å². The second-order valence-corrected chi connectivity index (χ2v) is 3.91. The number of carbonyl (C=O) groups excluding carboxylic acids is 1. The summed E-state index contributed by atoms with van der Waals surface area (Å²) < 4.78 is 1.48. The molecule has 1 aromatic rings. The quantitative estimate of drug-likeness (QED) is 0.752. The number of hydrogen-bond donors (Lipinski definition) is 1. The molecule has 0 saturated carbocycles. The molecule has 0 spiro atoms. The molecule has 0 fully saturated rings. The highest BCUT2D eigenvalue weighted by Crippen LogP contribution is 2.01. The maximum atomic E-state index is 11.5. The molecule has 1 N–H and O–H groups in total.